The maximum absolute atomic E-state index is 5.99. The lowest BCUT2D eigenvalue weighted by molar-refractivity contribution is 1.07. The molecule has 0 saturated carbocycles. The molecule has 4 heteroatoms. The molecule has 3 N–H and O–H groups in total. The van der Waals surface area contributed by atoms with Crippen molar-refractivity contribution >= 4 is 23.0 Å². The second kappa shape index (κ2) is 4.96. The molecule has 0 amide bonds. The first-order valence-electron chi connectivity index (χ1n) is 4.95. The summed E-state index contributed by atoms with van der Waals surface area (Å²) < 4.78 is 0. The molecule has 3 nitrogen and oxygen atoms in total. The van der Waals surface area contributed by atoms with Gasteiger partial charge in [0.1, 0.15) is 0 Å². The molecule has 82 valence electrons. The summed E-state index contributed by atoms with van der Waals surface area (Å²) in [6.07, 6.45) is 3.31. The molecule has 0 aliphatic heterocycles. The Morgan fingerprint density at radius 3 is 2.56 bits per heavy atom. The fourth-order valence-corrected chi connectivity index (χ4v) is 1.52. The maximum atomic E-state index is 5.99. The Balaban J connectivity index is 2.18. The van der Waals surface area contributed by atoms with E-state index in [9.17, 15) is 0 Å². The van der Waals surface area contributed by atoms with Crippen LogP contribution in [-0.4, -0.2) is 4.98 Å². The molecule has 0 atom stereocenters. The first-order chi connectivity index (χ1) is 7.79. The minimum Gasteiger partial charge on any atom is -0.354 e. The van der Waals surface area contributed by atoms with Crippen molar-refractivity contribution in [2.45, 2.75) is 6.54 Å². The number of nitrogens with zero attached hydrogens (tertiary/aromatic N) is 1. The number of anilines is 2. The summed E-state index contributed by atoms with van der Waals surface area (Å²) in [6.45, 7) is 0.552. The van der Waals surface area contributed by atoms with E-state index in [-0.39, 0.29) is 0 Å². The average molecular weight is 234 g/mol. The Hall–Kier alpha value is -1.58. The normalized spacial score (nSPS) is 10.1. The molecule has 2 aromatic rings. The molecule has 2 rings (SSSR count). The SMILES string of the molecule is NCc1ccc(Nc2ccncc2Cl)cc1. The summed E-state index contributed by atoms with van der Waals surface area (Å²) in [7, 11) is 0. The molecule has 0 radical (unpaired) electrons. The highest BCUT2D eigenvalue weighted by molar-refractivity contribution is 6.33. The maximum Gasteiger partial charge on any atom is 0.0824 e. The Morgan fingerprint density at radius 1 is 1.19 bits per heavy atom. The highest BCUT2D eigenvalue weighted by Gasteiger charge is 1.99. The highest BCUT2D eigenvalue weighted by atomic mass is 35.5. The zero-order chi connectivity index (χ0) is 11.4. The predicted octanol–water partition coefficient (Wildman–Crippen LogP) is 2.94. The first kappa shape index (κ1) is 10.9. The number of halogens is 1. The summed E-state index contributed by atoms with van der Waals surface area (Å²) >= 11 is 5.99. The summed E-state index contributed by atoms with van der Waals surface area (Å²) in [5, 5.41) is 3.81. The van der Waals surface area contributed by atoms with Gasteiger partial charge in [-0.3, -0.25) is 4.98 Å². The van der Waals surface area contributed by atoms with Crippen molar-refractivity contribution in [3.8, 4) is 0 Å². The third kappa shape index (κ3) is 2.51. The molecule has 0 spiro atoms. The lowest BCUT2D eigenvalue weighted by Gasteiger charge is -2.08. The van der Waals surface area contributed by atoms with E-state index in [0.717, 1.165) is 16.9 Å². The quantitative estimate of drug-likeness (QED) is 0.857. The molecule has 0 aliphatic rings. The van der Waals surface area contributed by atoms with Crippen LogP contribution in [0.1, 0.15) is 5.56 Å². The van der Waals surface area contributed by atoms with Gasteiger partial charge >= 0.3 is 0 Å². The van der Waals surface area contributed by atoms with Crippen molar-refractivity contribution < 1.29 is 0 Å². The van der Waals surface area contributed by atoms with Gasteiger partial charge in [0.25, 0.3) is 0 Å². The minimum absolute atomic E-state index is 0.552. The van der Waals surface area contributed by atoms with Crippen molar-refractivity contribution in [3.05, 3.63) is 53.3 Å². The summed E-state index contributed by atoms with van der Waals surface area (Å²) in [5.74, 6) is 0. The fourth-order valence-electron chi connectivity index (χ4n) is 1.36. The van der Waals surface area contributed by atoms with Crippen LogP contribution in [0.5, 0.6) is 0 Å². The van der Waals surface area contributed by atoms with Gasteiger partial charge in [-0.15, -0.1) is 0 Å². The summed E-state index contributed by atoms with van der Waals surface area (Å²) in [4.78, 5) is 3.93. The van der Waals surface area contributed by atoms with E-state index in [0.29, 0.717) is 11.6 Å². The first-order valence-corrected chi connectivity index (χ1v) is 5.33. The molecule has 0 aliphatic carbocycles. The molecular weight excluding hydrogens is 222 g/mol. The van der Waals surface area contributed by atoms with Crippen LogP contribution in [0.4, 0.5) is 11.4 Å². The van der Waals surface area contributed by atoms with Crippen LogP contribution >= 0.6 is 11.6 Å². The third-order valence-corrected chi connectivity index (χ3v) is 2.54. The van der Waals surface area contributed by atoms with Crippen LogP contribution in [-0.2, 0) is 6.54 Å². The molecule has 1 aromatic carbocycles. The van der Waals surface area contributed by atoms with E-state index in [1.807, 2.05) is 30.3 Å². The minimum atomic E-state index is 0.552. The van der Waals surface area contributed by atoms with E-state index in [1.54, 1.807) is 12.4 Å². The second-order valence-corrected chi connectivity index (χ2v) is 3.79. The van der Waals surface area contributed by atoms with Crippen LogP contribution in [0.2, 0.25) is 5.02 Å². The molecule has 1 heterocycles. The molecule has 0 saturated heterocycles. The van der Waals surface area contributed by atoms with Gasteiger partial charge < -0.3 is 11.1 Å². The zero-order valence-corrected chi connectivity index (χ0v) is 9.41. The van der Waals surface area contributed by atoms with Gasteiger partial charge in [0.2, 0.25) is 0 Å². The smallest absolute Gasteiger partial charge is 0.0824 e. The summed E-state index contributed by atoms with van der Waals surface area (Å²) in [6, 6.07) is 9.74. The Bertz CT molecular complexity index is 468. The van der Waals surface area contributed by atoms with Crippen molar-refractivity contribution in [2.75, 3.05) is 5.32 Å². The van der Waals surface area contributed by atoms with Gasteiger partial charge in [-0.05, 0) is 23.8 Å². The molecule has 0 fully saturated rings. The molecule has 1 aromatic heterocycles. The third-order valence-electron chi connectivity index (χ3n) is 2.24. The molecular formula is C12H12ClN3. The monoisotopic (exact) mass is 233 g/mol. The number of nitrogens with one attached hydrogen (secondary N) is 1. The van der Waals surface area contributed by atoms with Crippen molar-refractivity contribution in [1.29, 1.82) is 0 Å². The van der Waals surface area contributed by atoms with Gasteiger partial charge in [-0.2, -0.15) is 0 Å². The largest absolute Gasteiger partial charge is 0.354 e. The topological polar surface area (TPSA) is 50.9 Å². The number of rotatable bonds is 3. The van der Waals surface area contributed by atoms with E-state index in [4.69, 9.17) is 17.3 Å². The van der Waals surface area contributed by atoms with Crippen molar-refractivity contribution in [1.82, 2.24) is 4.98 Å². The second-order valence-electron chi connectivity index (χ2n) is 3.38. The van der Waals surface area contributed by atoms with E-state index in [2.05, 4.69) is 10.3 Å². The van der Waals surface area contributed by atoms with E-state index < -0.39 is 0 Å². The fraction of sp³-hybridized carbons (Fsp3) is 0.0833. The van der Waals surface area contributed by atoms with Gasteiger partial charge in [0.05, 0.1) is 10.7 Å². The van der Waals surface area contributed by atoms with Crippen molar-refractivity contribution in [2.24, 2.45) is 5.73 Å². The standard InChI is InChI=1S/C12H12ClN3/c13-11-8-15-6-5-12(11)16-10-3-1-9(7-14)2-4-10/h1-6,8H,7,14H2,(H,15,16). The van der Waals surface area contributed by atoms with Crippen molar-refractivity contribution in [3.63, 3.8) is 0 Å². The Labute approximate surface area is 99.3 Å². The number of benzene rings is 1. The predicted molar refractivity (Wildman–Crippen MR) is 66.9 cm³/mol. The summed E-state index contributed by atoms with van der Waals surface area (Å²) in [5.41, 5.74) is 8.45. The molecule has 0 unspecified atom stereocenters. The average Bonchev–Trinajstić information content (AvgIpc) is 2.33. The highest BCUT2D eigenvalue weighted by Crippen LogP contribution is 2.23. The van der Waals surface area contributed by atoms with Crippen LogP contribution in [0.25, 0.3) is 0 Å². The van der Waals surface area contributed by atoms with Crippen LogP contribution in [0, 0.1) is 0 Å². The van der Waals surface area contributed by atoms with Crippen LogP contribution < -0.4 is 11.1 Å². The molecule has 16 heavy (non-hydrogen) atoms. The van der Waals surface area contributed by atoms with Gasteiger partial charge in [-0.25, -0.2) is 0 Å². The molecule has 0 bridgehead atoms. The number of pyridine rings is 1. The Kier molecular flexibility index (Phi) is 3.39. The zero-order valence-electron chi connectivity index (χ0n) is 8.65. The van der Waals surface area contributed by atoms with Gasteiger partial charge in [-0.1, -0.05) is 23.7 Å². The van der Waals surface area contributed by atoms with Crippen LogP contribution in [0.3, 0.4) is 0 Å². The van der Waals surface area contributed by atoms with E-state index in [1.165, 1.54) is 0 Å². The van der Waals surface area contributed by atoms with Gasteiger partial charge in [0.15, 0.2) is 0 Å². The number of aromatic nitrogens is 1. The number of hydrogen-bond donors (Lipinski definition) is 2. The van der Waals surface area contributed by atoms with Gasteiger partial charge in [0, 0.05) is 24.6 Å². The number of hydrogen-bond acceptors (Lipinski definition) is 3. The Morgan fingerprint density at radius 2 is 1.94 bits per heavy atom. The van der Waals surface area contributed by atoms with Crippen LogP contribution in [0.15, 0.2) is 42.7 Å². The van der Waals surface area contributed by atoms with E-state index >= 15 is 0 Å². The lowest BCUT2D eigenvalue weighted by Crippen LogP contribution is -1.96. The number of nitrogens with two attached hydrogens (primary N) is 1. The lowest BCUT2D eigenvalue weighted by atomic mass is 10.2.